The van der Waals surface area contributed by atoms with Crippen molar-refractivity contribution in [1.82, 2.24) is 14.3 Å². The highest BCUT2D eigenvalue weighted by molar-refractivity contribution is 7.89. The van der Waals surface area contributed by atoms with Crippen LogP contribution in [0, 0.1) is 0 Å². The van der Waals surface area contributed by atoms with Crippen LogP contribution >= 0.6 is 0 Å². The van der Waals surface area contributed by atoms with Gasteiger partial charge in [-0.05, 0) is 55.3 Å². The fourth-order valence-electron chi connectivity index (χ4n) is 4.04. The first-order chi connectivity index (χ1) is 16.0. The summed E-state index contributed by atoms with van der Waals surface area (Å²) in [5.74, 6) is -0.338. The number of amides is 1. The molecule has 1 amide bonds. The van der Waals surface area contributed by atoms with Crippen LogP contribution in [0.2, 0.25) is 0 Å². The number of carbonyl (C=O) groups is 1. The molecule has 0 aliphatic carbocycles. The molecule has 1 aliphatic heterocycles. The van der Waals surface area contributed by atoms with Gasteiger partial charge in [-0.2, -0.15) is 4.31 Å². The summed E-state index contributed by atoms with van der Waals surface area (Å²) in [7, 11) is -3.57. The Morgan fingerprint density at radius 1 is 0.939 bits per heavy atom. The average Bonchev–Trinajstić information content (AvgIpc) is 3.40. The van der Waals surface area contributed by atoms with Crippen LogP contribution in [-0.2, 0) is 10.0 Å². The lowest BCUT2D eigenvalue weighted by Crippen LogP contribution is -2.27. The highest BCUT2D eigenvalue weighted by Crippen LogP contribution is 2.27. The second-order valence-electron chi connectivity index (χ2n) is 7.91. The Morgan fingerprint density at radius 2 is 1.76 bits per heavy atom. The standard InChI is InChI=1S/C25H22N4O3S/c30-25(27-19-8-5-9-20(15-19)33(31,32)29-13-3-4-14-29)22-16-24(18-7-6-12-26-17-18)28-23-11-2-1-10-21(22)23/h1-2,5-12,15-17H,3-4,13-14H2,(H,27,30). The molecule has 1 fully saturated rings. The number of aromatic nitrogens is 2. The summed E-state index contributed by atoms with van der Waals surface area (Å²) in [4.78, 5) is 22.3. The number of benzene rings is 2. The van der Waals surface area contributed by atoms with Gasteiger partial charge in [0.1, 0.15) is 0 Å². The molecule has 4 aromatic rings. The number of carbonyl (C=O) groups excluding carboxylic acids is 1. The maximum atomic E-state index is 13.3. The Balaban J connectivity index is 1.50. The smallest absolute Gasteiger partial charge is 0.256 e. The van der Waals surface area contributed by atoms with Gasteiger partial charge in [-0.25, -0.2) is 13.4 Å². The largest absolute Gasteiger partial charge is 0.322 e. The first kappa shape index (κ1) is 21.2. The van der Waals surface area contributed by atoms with Gasteiger partial charge in [0.15, 0.2) is 0 Å². The highest BCUT2D eigenvalue weighted by atomic mass is 32.2. The van der Waals surface area contributed by atoms with E-state index in [4.69, 9.17) is 0 Å². The molecule has 2 aromatic heterocycles. The summed E-state index contributed by atoms with van der Waals surface area (Å²) in [6, 6.07) is 19.3. The number of hydrogen-bond acceptors (Lipinski definition) is 5. The molecule has 1 saturated heterocycles. The molecular weight excluding hydrogens is 436 g/mol. The van der Waals surface area contributed by atoms with Gasteiger partial charge in [0, 0.05) is 42.1 Å². The van der Waals surface area contributed by atoms with Crippen molar-refractivity contribution in [3.63, 3.8) is 0 Å². The third-order valence-electron chi connectivity index (χ3n) is 5.71. The summed E-state index contributed by atoms with van der Waals surface area (Å²) in [5, 5.41) is 3.58. The first-order valence-electron chi connectivity index (χ1n) is 10.7. The normalized spacial score (nSPS) is 14.4. The maximum absolute atomic E-state index is 13.3. The lowest BCUT2D eigenvalue weighted by Gasteiger charge is -2.16. The topological polar surface area (TPSA) is 92.3 Å². The van der Waals surface area contributed by atoms with Gasteiger partial charge in [0.2, 0.25) is 10.0 Å². The van der Waals surface area contributed by atoms with Crippen molar-refractivity contribution in [2.75, 3.05) is 18.4 Å². The van der Waals surface area contributed by atoms with E-state index in [1.165, 1.54) is 10.4 Å². The predicted molar refractivity (Wildman–Crippen MR) is 127 cm³/mol. The molecule has 1 N–H and O–H groups in total. The number of nitrogens with zero attached hydrogens (tertiary/aromatic N) is 3. The zero-order valence-corrected chi connectivity index (χ0v) is 18.6. The summed E-state index contributed by atoms with van der Waals surface area (Å²) in [6.45, 7) is 1.05. The van der Waals surface area contributed by atoms with Gasteiger partial charge in [-0.15, -0.1) is 0 Å². The lowest BCUT2D eigenvalue weighted by atomic mass is 10.0. The fourth-order valence-corrected chi connectivity index (χ4v) is 5.60. The van der Waals surface area contributed by atoms with Gasteiger partial charge in [-0.3, -0.25) is 9.78 Å². The van der Waals surface area contributed by atoms with Gasteiger partial charge in [0.25, 0.3) is 5.91 Å². The second kappa shape index (κ2) is 8.73. The van der Waals surface area contributed by atoms with Crippen LogP contribution in [-0.4, -0.2) is 41.7 Å². The Hall–Kier alpha value is -3.62. The van der Waals surface area contributed by atoms with Crippen LogP contribution < -0.4 is 5.32 Å². The molecule has 8 heteroatoms. The van der Waals surface area contributed by atoms with Gasteiger partial charge in [0.05, 0.1) is 21.7 Å². The quantitative estimate of drug-likeness (QED) is 0.480. The molecule has 0 saturated carbocycles. The van der Waals surface area contributed by atoms with Gasteiger partial charge < -0.3 is 5.32 Å². The van der Waals surface area contributed by atoms with E-state index in [1.54, 1.807) is 36.7 Å². The van der Waals surface area contributed by atoms with E-state index in [-0.39, 0.29) is 10.8 Å². The maximum Gasteiger partial charge on any atom is 0.256 e. The number of anilines is 1. The van der Waals surface area contributed by atoms with E-state index >= 15 is 0 Å². The SMILES string of the molecule is O=C(Nc1cccc(S(=O)(=O)N2CCCC2)c1)c1cc(-c2cccnc2)nc2ccccc12. The Labute approximate surface area is 192 Å². The lowest BCUT2D eigenvalue weighted by molar-refractivity contribution is 0.102. The summed E-state index contributed by atoms with van der Waals surface area (Å²) >= 11 is 0. The number of nitrogens with one attached hydrogen (secondary N) is 1. The number of rotatable bonds is 5. The zero-order valence-electron chi connectivity index (χ0n) is 17.8. The van der Waals surface area contributed by atoms with Gasteiger partial charge >= 0.3 is 0 Å². The molecule has 2 aromatic carbocycles. The molecule has 166 valence electrons. The molecule has 0 bridgehead atoms. The average molecular weight is 459 g/mol. The van der Waals surface area contributed by atoms with Crippen molar-refractivity contribution >= 4 is 32.5 Å². The van der Waals surface area contributed by atoms with E-state index in [0.29, 0.717) is 40.9 Å². The zero-order chi connectivity index (χ0) is 22.8. The number of hydrogen-bond donors (Lipinski definition) is 1. The number of sulfonamides is 1. The summed E-state index contributed by atoms with van der Waals surface area (Å²) < 4.78 is 27.3. The Morgan fingerprint density at radius 3 is 2.55 bits per heavy atom. The Kier molecular flexibility index (Phi) is 5.62. The van der Waals surface area contributed by atoms with E-state index in [1.807, 2.05) is 36.4 Å². The van der Waals surface area contributed by atoms with Crippen molar-refractivity contribution < 1.29 is 13.2 Å². The monoisotopic (exact) mass is 458 g/mol. The molecule has 33 heavy (non-hydrogen) atoms. The molecule has 1 aliphatic rings. The minimum Gasteiger partial charge on any atom is -0.322 e. The highest BCUT2D eigenvalue weighted by Gasteiger charge is 2.27. The van der Waals surface area contributed by atoms with E-state index in [2.05, 4.69) is 15.3 Å². The van der Waals surface area contributed by atoms with Gasteiger partial charge in [-0.1, -0.05) is 24.3 Å². The molecular formula is C25H22N4O3S. The molecule has 0 unspecified atom stereocenters. The van der Waals surface area contributed by atoms with Crippen LogP contribution in [0.5, 0.6) is 0 Å². The van der Waals surface area contributed by atoms with Crippen LogP contribution in [0.1, 0.15) is 23.2 Å². The van der Waals surface area contributed by atoms with Crippen molar-refractivity contribution in [2.24, 2.45) is 0 Å². The third-order valence-corrected chi connectivity index (χ3v) is 7.61. The molecule has 0 spiro atoms. The Bertz CT molecular complexity index is 1430. The minimum atomic E-state index is -3.57. The minimum absolute atomic E-state index is 0.179. The molecule has 5 rings (SSSR count). The van der Waals surface area contributed by atoms with E-state index < -0.39 is 10.0 Å². The van der Waals surface area contributed by atoms with Crippen molar-refractivity contribution in [3.05, 3.63) is 84.7 Å². The van der Waals surface area contributed by atoms with Crippen LogP contribution in [0.15, 0.2) is 84.0 Å². The van der Waals surface area contributed by atoms with Crippen LogP contribution in [0.3, 0.4) is 0 Å². The second-order valence-corrected chi connectivity index (χ2v) is 9.84. The first-order valence-corrected chi connectivity index (χ1v) is 12.2. The van der Waals surface area contributed by atoms with Crippen molar-refractivity contribution in [2.45, 2.75) is 17.7 Å². The molecule has 0 atom stereocenters. The fraction of sp³-hybridized carbons (Fsp3) is 0.160. The van der Waals surface area contributed by atoms with E-state index in [9.17, 15) is 13.2 Å². The molecule has 0 radical (unpaired) electrons. The number of para-hydroxylation sites is 1. The molecule has 3 heterocycles. The number of fused-ring (bicyclic) bond motifs is 1. The van der Waals surface area contributed by atoms with E-state index in [0.717, 1.165) is 18.4 Å². The summed E-state index contributed by atoms with van der Waals surface area (Å²) in [6.07, 6.45) is 5.11. The third kappa shape index (κ3) is 4.22. The predicted octanol–water partition coefficient (Wildman–Crippen LogP) is 4.33. The molecule has 7 nitrogen and oxygen atoms in total. The van der Waals surface area contributed by atoms with Crippen LogP contribution in [0.25, 0.3) is 22.2 Å². The summed E-state index contributed by atoms with van der Waals surface area (Å²) in [5.41, 5.74) is 3.00. The van der Waals surface area contributed by atoms with Crippen LogP contribution in [0.4, 0.5) is 5.69 Å². The van der Waals surface area contributed by atoms with Crippen molar-refractivity contribution in [1.29, 1.82) is 0 Å². The number of pyridine rings is 2. The van der Waals surface area contributed by atoms with Crippen molar-refractivity contribution in [3.8, 4) is 11.3 Å².